The van der Waals surface area contributed by atoms with E-state index in [9.17, 15) is 0 Å². The SMILES string of the molecule is CCCCCNc1cccc(OC)n1. The van der Waals surface area contributed by atoms with Gasteiger partial charge in [0.15, 0.2) is 0 Å². The molecule has 0 aromatic carbocycles. The Morgan fingerprint density at radius 1 is 1.36 bits per heavy atom. The maximum absolute atomic E-state index is 5.03. The van der Waals surface area contributed by atoms with E-state index in [1.165, 1.54) is 19.3 Å². The first kappa shape index (κ1) is 10.8. The van der Waals surface area contributed by atoms with E-state index < -0.39 is 0 Å². The molecule has 78 valence electrons. The molecule has 0 aliphatic carbocycles. The number of ether oxygens (including phenoxy) is 1. The molecule has 1 aromatic heterocycles. The second-order valence-electron chi connectivity index (χ2n) is 3.20. The highest BCUT2D eigenvalue weighted by Crippen LogP contribution is 2.10. The second kappa shape index (κ2) is 6.24. The Bertz CT molecular complexity index is 263. The number of unbranched alkanes of at least 4 members (excludes halogenated alkanes) is 2. The number of anilines is 1. The van der Waals surface area contributed by atoms with Crippen molar-refractivity contribution < 1.29 is 4.74 Å². The molecule has 1 N–H and O–H groups in total. The fourth-order valence-electron chi connectivity index (χ4n) is 1.22. The molecule has 0 atom stereocenters. The van der Waals surface area contributed by atoms with Gasteiger partial charge in [-0.25, -0.2) is 0 Å². The normalized spacial score (nSPS) is 9.86. The minimum Gasteiger partial charge on any atom is -0.481 e. The van der Waals surface area contributed by atoms with Crippen LogP contribution in [0.2, 0.25) is 0 Å². The molecule has 0 unspecified atom stereocenters. The molecule has 0 spiro atoms. The van der Waals surface area contributed by atoms with Gasteiger partial charge < -0.3 is 10.1 Å². The van der Waals surface area contributed by atoms with Gasteiger partial charge in [-0.2, -0.15) is 4.98 Å². The lowest BCUT2D eigenvalue weighted by Gasteiger charge is -2.05. The predicted octanol–water partition coefficient (Wildman–Crippen LogP) is 2.69. The zero-order valence-corrected chi connectivity index (χ0v) is 8.92. The average Bonchev–Trinajstić information content (AvgIpc) is 2.25. The number of pyridine rings is 1. The summed E-state index contributed by atoms with van der Waals surface area (Å²) in [5, 5.41) is 3.26. The van der Waals surface area contributed by atoms with E-state index in [-0.39, 0.29) is 0 Å². The Balaban J connectivity index is 2.34. The summed E-state index contributed by atoms with van der Waals surface area (Å²) in [5.41, 5.74) is 0. The Morgan fingerprint density at radius 3 is 2.93 bits per heavy atom. The van der Waals surface area contributed by atoms with E-state index in [4.69, 9.17) is 4.74 Å². The second-order valence-corrected chi connectivity index (χ2v) is 3.20. The van der Waals surface area contributed by atoms with Crippen LogP contribution in [-0.4, -0.2) is 18.6 Å². The fourth-order valence-corrected chi connectivity index (χ4v) is 1.22. The van der Waals surface area contributed by atoms with E-state index in [1.807, 2.05) is 18.2 Å². The largest absolute Gasteiger partial charge is 0.481 e. The first-order chi connectivity index (χ1) is 6.86. The highest BCUT2D eigenvalue weighted by atomic mass is 16.5. The van der Waals surface area contributed by atoms with Crippen LogP contribution in [0.3, 0.4) is 0 Å². The van der Waals surface area contributed by atoms with Crippen LogP contribution in [0, 0.1) is 0 Å². The molecule has 1 aromatic rings. The average molecular weight is 194 g/mol. The Hall–Kier alpha value is -1.25. The maximum atomic E-state index is 5.03. The lowest BCUT2D eigenvalue weighted by atomic mass is 10.2. The first-order valence-electron chi connectivity index (χ1n) is 5.11. The third kappa shape index (κ3) is 3.64. The highest BCUT2D eigenvalue weighted by molar-refractivity contribution is 5.36. The molecule has 3 nitrogen and oxygen atoms in total. The van der Waals surface area contributed by atoms with Gasteiger partial charge in [0.05, 0.1) is 7.11 Å². The molecule has 0 saturated heterocycles. The van der Waals surface area contributed by atoms with Crippen molar-refractivity contribution in [2.75, 3.05) is 19.0 Å². The monoisotopic (exact) mass is 194 g/mol. The van der Waals surface area contributed by atoms with E-state index in [1.54, 1.807) is 7.11 Å². The summed E-state index contributed by atoms with van der Waals surface area (Å²) in [6.07, 6.45) is 3.69. The molecular weight excluding hydrogens is 176 g/mol. The number of hydrogen-bond donors (Lipinski definition) is 1. The molecule has 0 fully saturated rings. The molecule has 1 heterocycles. The molecule has 1 rings (SSSR count). The van der Waals surface area contributed by atoms with Crippen LogP contribution in [0.25, 0.3) is 0 Å². The van der Waals surface area contributed by atoms with Crippen molar-refractivity contribution in [3.05, 3.63) is 18.2 Å². The van der Waals surface area contributed by atoms with Crippen molar-refractivity contribution in [3.63, 3.8) is 0 Å². The van der Waals surface area contributed by atoms with Gasteiger partial charge in [0.25, 0.3) is 0 Å². The summed E-state index contributed by atoms with van der Waals surface area (Å²) < 4.78 is 5.03. The Kier molecular flexibility index (Phi) is 4.83. The van der Waals surface area contributed by atoms with Crippen LogP contribution < -0.4 is 10.1 Å². The molecule has 0 amide bonds. The number of nitrogens with zero attached hydrogens (tertiary/aromatic N) is 1. The standard InChI is InChI=1S/C11H18N2O/c1-3-4-5-9-12-10-7-6-8-11(13-10)14-2/h6-8H,3-5,9H2,1-2H3,(H,12,13). The summed E-state index contributed by atoms with van der Waals surface area (Å²) in [4.78, 5) is 4.26. The topological polar surface area (TPSA) is 34.1 Å². The van der Waals surface area contributed by atoms with Gasteiger partial charge >= 0.3 is 0 Å². The molecule has 0 bridgehead atoms. The van der Waals surface area contributed by atoms with Gasteiger partial charge in [0, 0.05) is 12.6 Å². The summed E-state index contributed by atoms with van der Waals surface area (Å²) in [6.45, 7) is 3.18. The zero-order valence-electron chi connectivity index (χ0n) is 8.92. The van der Waals surface area contributed by atoms with Gasteiger partial charge in [-0.15, -0.1) is 0 Å². The van der Waals surface area contributed by atoms with Crippen molar-refractivity contribution in [2.24, 2.45) is 0 Å². The molecule has 0 aliphatic rings. The number of rotatable bonds is 6. The lowest BCUT2D eigenvalue weighted by molar-refractivity contribution is 0.398. The number of methoxy groups -OCH3 is 1. The molecule has 0 radical (unpaired) electrons. The van der Waals surface area contributed by atoms with Crippen molar-refractivity contribution >= 4 is 5.82 Å². The summed E-state index contributed by atoms with van der Waals surface area (Å²) >= 11 is 0. The summed E-state index contributed by atoms with van der Waals surface area (Å²) in [5.74, 6) is 1.55. The molecule has 3 heteroatoms. The van der Waals surface area contributed by atoms with E-state index >= 15 is 0 Å². The van der Waals surface area contributed by atoms with Gasteiger partial charge in [0.1, 0.15) is 5.82 Å². The van der Waals surface area contributed by atoms with Crippen molar-refractivity contribution in [2.45, 2.75) is 26.2 Å². The molecule has 14 heavy (non-hydrogen) atoms. The van der Waals surface area contributed by atoms with Crippen molar-refractivity contribution in [1.29, 1.82) is 0 Å². The Labute approximate surface area is 85.5 Å². The lowest BCUT2D eigenvalue weighted by Crippen LogP contribution is -2.03. The Morgan fingerprint density at radius 2 is 2.21 bits per heavy atom. The predicted molar refractivity (Wildman–Crippen MR) is 58.8 cm³/mol. The van der Waals surface area contributed by atoms with Gasteiger partial charge in [-0.05, 0) is 12.5 Å². The fraction of sp³-hybridized carbons (Fsp3) is 0.545. The minimum absolute atomic E-state index is 0.658. The van der Waals surface area contributed by atoms with Gasteiger partial charge in [-0.1, -0.05) is 25.8 Å². The van der Waals surface area contributed by atoms with Gasteiger partial charge in [-0.3, -0.25) is 0 Å². The van der Waals surface area contributed by atoms with Crippen LogP contribution in [0.1, 0.15) is 26.2 Å². The van der Waals surface area contributed by atoms with Crippen LogP contribution in [0.5, 0.6) is 5.88 Å². The number of aromatic nitrogens is 1. The van der Waals surface area contributed by atoms with Crippen molar-refractivity contribution in [3.8, 4) is 5.88 Å². The molecule has 0 aliphatic heterocycles. The van der Waals surface area contributed by atoms with Crippen LogP contribution in [0.4, 0.5) is 5.82 Å². The highest BCUT2D eigenvalue weighted by Gasteiger charge is 1.95. The first-order valence-corrected chi connectivity index (χ1v) is 5.11. The molecular formula is C11H18N2O. The van der Waals surface area contributed by atoms with E-state index in [0.29, 0.717) is 5.88 Å². The van der Waals surface area contributed by atoms with Gasteiger partial charge in [0.2, 0.25) is 5.88 Å². The summed E-state index contributed by atoms with van der Waals surface area (Å²) in [6, 6.07) is 5.74. The third-order valence-electron chi connectivity index (χ3n) is 2.02. The van der Waals surface area contributed by atoms with Crippen LogP contribution in [0.15, 0.2) is 18.2 Å². The quantitative estimate of drug-likeness (QED) is 0.707. The number of hydrogen-bond acceptors (Lipinski definition) is 3. The van der Waals surface area contributed by atoms with E-state index in [0.717, 1.165) is 12.4 Å². The zero-order chi connectivity index (χ0) is 10.2. The van der Waals surface area contributed by atoms with Crippen LogP contribution >= 0.6 is 0 Å². The molecule has 0 saturated carbocycles. The number of nitrogens with one attached hydrogen (secondary N) is 1. The van der Waals surface area contributed by atoms with E-state index in [2.05, 4.69) is 17.2 Å². The minimum atomic E-state index is 0.658. The third-order valence-corrected chi connectivity index (χ3v) is 2.02. The van der Waals surface area contributed by atoms with Crippen LogP contribution in [-0.2, 0) is 0 Å². The summed E-state index contributed by atoms with van der Waals surface area (Å²) in [7, 11) is 1.63. The van der Waals surface area contributed by atoms with Crippen molar-refractivity contribution in [1.82, 2.24) is 4.98 Å². The maximum Gasteiger partial charge on any atom is 0.214 e. The smallest absolute Gasteiger partial charge is 0.214 e.